The molecular formula is C13H16O2Si. The van der Waals surface area contributed by atoms with Gasteiger partial charge in [0.15, 0.2) is 0 Å². The molecule has 0 radical (unpaired) electrons. The highest BCUT2D eigenvalue weighted by atomic mass is 28.3. The molecule has 2 nitrogen and oxygen atoms in total. The monoisotopic (exact) mass is 232 g/mol. The molecule has 0 spiro atoms. The summed E-state index contributed by atoms with van der Waals surface area (Å²) < 4.78 is 4.53. The Bertz CT molecular complexity index is 450. The van der Waals surface area contributed by atoms with Crippen molar-refractivity contribution in [2.24, 2.45) is 0 Å². The third kappa shape index (κ3) is 2.74. The molecule has 0 unspecified atom stereocenters. The number of ether oxygens (including phenoxy) is 1. The van der Waals surface area contributed by atoms with Crippen LogP contribution in [0.5, 0.6) is 0 Å². The average Bonchev–Trinajstić information content (AvgIpc) is 2.16. The van der Waals surface area contributed by atoms with Crippen molar-refractivity contribution >= 4 is 19.2 Å². The molecule has 0 saturated heterocycles. The van der Waals surface area contributed by atoms with Crippen LogP contribution in [0.2, 0.25) is 19.6 Å². The third-order valence-electron chi connectivity index (χ3n) is 2.46. The van der Waals surface area contributed by atoms with Crippen LogP contribution < -0.4 is 5.19 Å². The standard InChI is InChI=1S/C13H16O2Si/c1-6-15-13(14)12-8-7-11(9-10(12)2)16(3,4)5/h1,7-9H,2-5H3. The van der Waals surface area contributed by atoms with Crippen molar-refractivity contribution in [2.75, 3.05) is 0 Å². The first-order valence-electron chi connectivity index (χ1n) is 5.14. The van der Waals surface area contributed by atoms with E-state index in [2.05, 4.69) is 30.4 Å². The number of aryl methyl sites for hydroxylation is 1. The summed E-state index contributed by atoms with van der Waals surface area (Å²) >= 11 is 0. The van der Waals surface area contributed by atoms with Crippen molar-refractivity contribution in [1.82, 2.24) is 0 Å². The Morgan fingerprint density at radius 3 is 2.44 bits per heavy atom. The lowest BCUT2D eigenvalue weighted by atomic mass is 10.1. The lowest BCUT2D eigenvalue weighted by molar-refractivity contribution is 0.0690. The fourth-order valence-electron chi connectivity index (χ4n) is 1.47. The lowest BCUT2D eigenvalue weighted by Gasteiger charge is -2.17. The van der Waals surface area contributed by atoms with E-state index in [0.717, 1.165) is 5.56 Å². The highest BCUT2D eigenvalue weighted by molar-refractivity contribution is 6.88. The van der Waals surface area contributed by atoms with E-state index in [1.165, 1.54) is 5.19 Å². The van der Waals surface area contributed by atoms with Crippen molar-refractivity contribution < 1.29 is 9.53 Å². The van der Waals surface area contributed by atoms with Crippen LogP contribution in [0.4, 0.5) is 0 Å². The summed E-state index contributed by atoms with van der Waals surface area (Å²) in [5, 5.41) is 1.32. The van der Waals surface area contributed by atoms with Gasteiger partial charge in [0, 0.05) is 0 Å². The maximum Gasteiger partial charge on any atom is 0.352 e. The number of carbonyl (C=O) groups is 1. The Labute approximate surface area is 97.6 Å². The second kappa shape index (κ2) is 4.54. The first kappa shape index (κ1) is 12.5. The molecule has 1 aromatic rings. The maximum atomic E-state index is 11.5. The Hall–Kier alpha value is -1.53. The maximum absolute atomic E-state index is 11.5. The molecule has 0 atom stereocenters. The van der Waals surface area contributed by atoms with Gasteiger partial charge in [0.1, 0.15) is 6.11 Å². The zero-order valence-electron chi connectivity index (χ0n) is 10.1. The van der Waals surface area contributed by atoms with Crippen molar-refractivity contribution in [1.29, 1.82) is 0 Å². The number of benzene rings is 1. The summed E-state index contributed by atoms with van der Waals surface area (Å²) in [6.07, 6.45) is 6.83. The molecule has 0 aliphatic carbocycles. The van der Waals surface area contributed by atoms with Gasteiger partial charge in [-0.3, -0.25) is 0 Å². The fourth-order valence-corrected chi connectivity index (χ4v) is 2.70. The van der Waals surface area contributed by atoms with Gasteiger partial charge in [0.25, 0.3) is 0 Å². The molecule has 1 rings (SSSR count). The zero-order valence-corrected chi connectivity index (χ0v) is 11.1. The van der Waals surface area contributed by atoms with Gasteiger partial charge in [0.05, 0.1) is 13.6 Å². The van der Waals surface area contributed by atoms with Gasteiger partial charge in [-0.25, -0.2) is 4.79 Å². The van der Waals surface area contributed by atoms with Crippen LogP contribution in [0, 0.1) is 19.5 Å². The van der Waals surface area contributed by atoms with Crippen LogP contribution in [0.1, 0.15) is 15.9 Å². The van der Waals surface area contributed by atoms with Gasteiger partial charge < -0.3 is 4.74 Å². The van der Waals surface area contributed by atoms with E-state index in [-0.39, 0.29) is 0 Å². The van der Waals surface area contributed by atoms with E-state index in [0.29, 0.717) is 5.56 Å². The summed E-state index contributed by atoms with van der Waals surface area (Å²) in [4.78, 5) is 11.5. The van der Waals surface area contributed by atoms with Gasteiger partial charge >= 0.3 is 5.97 Å². The van der Waals surface area contributed by atoms with Gasteiger partial charge in [-0.05, 0) is 18.6 Å². The second-order valence-corrected chi connectivity index (χ2v) is 9.86. The number of hydrogen-bond donors (Lipinski definition) is 0. The molecule has 0 aliphatic heterocycles. The smallest absolute Gasteiger partial charge is 0.352 e. The predicted octanol–water partition coefficient (Wildman–Crippen LogP) is 2.29. The van der Waals surface area contributed by atoms with Crippen molar-refractivity contribution in [3.8, 4) is 12.5 Å². The van der Waals surface area contributed by atoms with E-state index in [4.69, 9.17) is 6.42 Å². The summed E-state index contributed by atoms with van der Waals surface area (Å²) in [5.41, 5.74) is 1.46. The van der Waals surface area contributed by atoms with Crippen LogP contribution in [0.25, 0.3) is 0 Å². The molecule has 0 saturated carbocycles. The van der Waals surface area contributed by atoms with Gasteiger partial charge in [-0.15, -0.1) is 0 Å². The summed E-state index contributed by atoms with van der Waals surface area (Å²) in [5.74, 6) is -0.456. The molecule has 0 amide bonds. The van der Waals surface area contributed by atoms with E-state index in [1.807, 2.05) is 19.1 Å². The molecule has 0 aliphatic rings. The number of terminal acetylenes is 1. The Morgan fingerprint density at radius 2 is 2.00 bits per heavy atom. The molecule has 84 valence electrons. The SMILES string of the molecule is C#COC(=O)c1ccc([Si](C)(C)C)cc1C. The predicted molar refractivity (Wildman–Crippen MR) is 68.4 cm³/mol. The van der Waals surface area contributed by atoms with Crippen molar-refractivity contribution in [3.63, 3.8) is 0 Å². The van der Waals surface area contributed by atoms with E-state index >= 15 is 0 Å². The van der Waals surface area contributed by atoms with E-state index in [1.54, 1.807) is 6.07 Å². The molecule has 0 fully saturated rings. The van der Waals surface area contributed by atoms with Gasteiger partial charge in [-0.1, -0.05) is 43.4 Å². The van der Waals surface area contributed by atoms with Gasteiger partial charge in [-0.2, -0.15) is 0 Å². The summed E-state index contributed by atoms with van der Waals surface area (Å²) in [6.45, 7) is 8.69. The van der Waals surface area contributed by atoms with Crippen LogP contribution in [-0.2, 0) is 4.74 Å². The summed E-state index contributed by atoms with van der Waals surface area (Å²) in [6, 6.07) is 5.84. The van der Waals surface area contributed by atoms with Gasteiger partial charge in [0.2, 0.25) is 0 Å². The first-order valence-corrected chi connectivity index (χ1v) is 8.64. The minimum absolute atomic E-state index is 0.456. The highest BCUT2D eigenvalue weighted by Crippen LogP contribution is 2.11. The molecule has 0 aromatic heterocycles. The van der Waals surface area contributed by atoms with E-state index < -0.39 is 14.0 Å². The average molecular weight is 232 g/mol. The lowest BCUT2D eigenvalue weighted by Crippen LogP contribution is -2.37. The number of hydrogen-bond acceptors (Lipinski definition) is 2. The number of rotatable bonds is 2. The van der Waals surface area contributed by atoms with Crippen LogP contribution in [-0.4, -0.2) is 14.0 Å². The molecule has 0 bridgehead atoms. The zero-order chi connectivity index (χ0) is 12.3. The topological polar surface area (TPSA) is 26.3 Å². The van der Waals surface area contributed by atoms with Crippen LogP contribution >= 0.6 is 0 Å². The molecule has 16 heavy (non-hydrogen) atoms. The highest BCUT2D eigenvalue weighted by Gasteiger charge is 2.18. The molecule has 0 N–H and O–H groups in total. The number of esters is 1. The Morgan fingerprint density at radius 1 is 1.38 bits per heavy atom. The quantitative estimate of drug-likeness (QED) is 0.444. The second-order valence-electron chi connectivity index (χ2n) is 4.79. The van der Waals surface area contributed by atoms with E-state index in [9.17, 15) is 4.79 Å². The third-order valence-corrected chi connectivity index (χ3v) is 4.51. The first-order chi connectivity index (χ1) is 7.36. The largest absolute Gasteiger partial charge is 0.369 e. The van der Waals surface area contributed by atoms with Crippen LogP contribution in [0.15, 0.2) is 18.2 Å². The molecule has 0 heterocycles. The summed E-state index contributed by atoms with van der Waals surface area (Å²) in [7, 11) is -1.33. The van der Waals surface area contributed by atoms with Crippen LogP contribution in [0.3, 0.4) is 0 Å². The van der Waals surface area contributed by atoms with Crippen molar-refractivity contribution in [3.05, 3.63) is 29.3 Å². The molecular weight excluding hydrogens is 216 g/mol. The normalized spacial score (nSPS) is 10.7. The Kier molecular flexibility index (Phi) is 3.56. The minimum atomic E-state index is -1.33. The minimum Gasteiger partial charge on any atom is -0.369 e. The molecule has 1 aromatic carbocycles. The van der Waals surface area contributed by atoms with Crippen molar-refractivity contribution in [2.45, 2.75) is 26.6 Å². The number of carbonyl (C=O) groups excluding carboxylic acids is 1. The fraction of sp³-hybridized carbons (Fsp3) is 0.308. The Balaban J connectivity index is 3.11. The molecule has 3 heteroatoms.